The van der Waals surface area contributed by atoms with Crippen LogP contribution in [0.2, 0.25) is 0 Å². The first-order valence-corrected chi connectivity index (χ1v) is 7.90. The summed E-state index contributed by atoms with van der Waals surface area (Å²) in [4.78, 5) is 17.5. The van der Waals surface area contributed by atoms with Crippen LogP contribution >= 0.6 is 11.3 Å². The van der Waals surface area contributed by atoms with Crippen LogP contribution in [0.4, 0.5) is 5.13 Å². The van der Waals surface area contributed by atoms with Crippen molar-refractivity contribution in [3.05, 3.63) is 46.7 Å². The van der Waals surface area contributed by atoms with Crippen molar-refractivity contribution < 1.29 is 14.3 Å². The number of thiazole rings is 1. The van der Waals surface area contributed by atoms with Gasteiger partial charge in [-0.1, -0.05) is 13.0 Å². The molecule has 0 bridgehead atoms. The predicted octanol–water partition coefficient (Wildman–Crippen LogP) is 3.24. The first-order chi connectivity index (χ1) is 10.7. The first kappa shape index (κ1) is 14.7. The Labute approximate surface area is 131 Å². The van der Waals surface area contributed by atoms with Gasteiger partial charge in [0.1, 0.15) is 11.8 Å². The second-order valence-corrected chi connectivity index (χ2v) is 6.01. The molecular formula is C16H16N2O3S. The van der Waals surface area contributed by atoms with E-state index < -0.39 is 0 Å². The van der Waals surface area contributed by atoms with Crippen LogP contribution in [0.25, 0.3) is 11.0 Å². The summed E-state index contributed by atoms with van der Waals surface area (Å²) in [5.74, 6) is -0.239. The monoisotopic (exact) mass is 316 g/mol. The van der Waals surface area contributed by atoms with Gasteiger partial charge in [-0.25, -0.2) is 4.98 Å². The summed E-state index contributed by atoms with van der Waals surface area (Å²) in [5, 5.41) is 13.0. The van der Waals surface area contributed by atoms with E-state index in [1.165, 1.54) is 17.6 Å². The molecule has 2 aromatic heterocycles. The van der Waals surface area contributed by atoms with Gasteiger partial charge in [0.25, 0.3) is 5.91 Å². The van der Waals surface area contributed by atoms with Crippen molar-refractivity contribution in [3.8, 4) is 0 Å². The highest BCUT2D eigenvalue weighted by Gasteiger charge is 2.15. The predicted molar refractivity (Wildman–Crippen MR) is 86.4 cm³/mol. The third kappa shape index (κ3) is 2.88. The van der Waals surface area contributed by atoms with Gasteiger partial charge >= 0.3 is 0 Å². The Morgan fingerprint density at radius 2 is 2.32 bits per heavy atom. The first-order valence-electron chi connectivity index (χ1n) is 7.08. The molecule has 0 spiro atoms. The molecule has 114 valence electrons. The number of nitrogens with zero attached hydrogens (tertiary/aromatic N) is 1. The minimum absolute atomic E-state index is 0.0712. The highest BCUT2D eigenvalue weighted by Crippen LogP contribution is 2.25. The molecule has 5 nitrogen and oxygen atoms in total. The van der Waals surface area contributed by atoms with Crippen molar-refractivity contribution in [3.63, 3.8) is 0 Å². The molecule has 0 aliphatic carbocycles. The SMILES string of the molecule is CCc1ccc2occ(C(=O)Nc3ncc(CCO)s3)c2c1. The van der Waals surface area contributed by atoms with Gasteiger partial charge in [-0.05, 0) is 24.1 Å². The maximum atomic E-state index is 12.4. The molecule has 1 amide bonds. The average molecular weight is 316 g/mol. The van der Waals surface area contributed by atoms with Gasteiger partial charge in [0.05, 0.1) is 5.56 Å². The van der Waals surface area contributed by atoms with Gasteiger partial charge in [-0.2, -0.15) is 0 Å². The number of nitrogens with one attached hydrogen (secondary N) is 1. The number of benzene rings is 1. The van der Waals surface area contributed by atoms with E-state index in [0.717, 1.165) is 22.2 Å². The summed E-state index contributed by atoms with van der Waals surface area (Å²) in [6.07, 6.45) is 4.59. The zero-order chi connectivity index (χ0) is 15.5. The van der Waals surface area contributed by atoms with E-state index in [4.69, 9.17) is 9.52 Å². The molecule has 0 saturated carbocycles. The number of amides is 1. The molecule has 0 atom stereocenters. The minimum atomic E-state index is -0.239. The highest BCUT2D eigenvalue weighted by molar-refractivity contribution is 7.15. The Bertz CT molecular complexity index is 807. The number of rotatable bonds is 5. The van der Waals surface area contributed by atoms with E-state index in [2.05, 4.69) is 17.2 Å². The fourth-order valence-corrected chi connectivity index (χ4v) is 3.02. The molecule has 0 saturated heterocycles. The Balaban J connectivity index is 1.84. The second kappa shape index (κ2) is 6.29. The Hall–Kier alpha value is -2.18. The fraction of sp³-hybridized carbons (Fsp3) is 0.250. The summed E-state index contributed by atoms with van der Waals surface area (Å²) < 4.78 is 5.44. The number of anilines is 1. The number of furan rings is 1. The summed E-state index contributed by atoms with van der Waals surface area (Å²) in [5.41, 5.74) is 2.36. The number of aromatic nitrogens is 1. The smallest absolute Gasteiger partial charge is 0.261 e. The van der Waals surface area contributed by atoms with Crippen molar-refractivity contribution in [1.29, 1.82) is 0 Å². The molecular weight excluding hydrogens is 300 g/mol. The Morgan fingerprint density at radius 3 is 3.09 bits per heavy atom. The van der Waals surface area contributed by atoms with Crippen molar-refractivity contribution >= 4 is 33.3 Å². The standard InChI is InChI=1S/C16H16N2O3S/c1-2-10-3-4-14-12(7-10)13(9-21-14)15(20)18-16-17-8-11(22-16)5-6-19/h3-4,7-9,19H,2,5-6H2,1H3,(H,17,18,20). The topological polar surface area (TPSA) is 75.4 Å². The number of hydrogen-bond acceptors (Lipinski definition) is 5. The van der Waals surface area contributed by atoms with Gasteiger partial charge in [-0.3, -0.25) is 10.1 Å². The number of carbonyl (C=O) groups is 1. The fourth-order valence-electron chi connectivity index (χ4n) is 2.23. The third-order valence-electron chi connectivity index (χ3n) is 3.42. The van der Waals surface area contributed by atoms with Crippen molar-refractivity contribution in [2.24, 2.45) is 0 Å². The van der Waals surface area contributed by atoms with Gasteiger partial charge in [0.15, 0.2) is 5.13 Å². The second-order valence-electron chi connectivity index (χ2n) is 4.89. The number of hydrogen-bond donors (Lipinski definition) is 2. The van der Waals surface area contributed by atoms with Crippen LogP contribution in [0.3, 0.4) is 0 Å². The van der Waals surface area contributed by atoms with Crippen LogP contribution in [0.1, 0.15) is 27.7 Å². The molecule has 0 radical (unpaired) electrons. The molecule has 3 rings (SSSR count). The normalized spacial score (nSPS) is 11.0. The molecule has 0 aliphatic heterocycles. The van der Waals surface area contributed by atoms with Crippen LogP contribution in [0.15, 0.2) is 35.1 Å². The molecule has 1 aromatic carbocycles. The Kier molecular flexibility index (Phi) is 4.22. The van der Waals surface area contributed by atoms with Gasteiger partial charge in [0, 0.05) is 29.5 Å². The van der Waals surface area contributed by atoms with Crippen LogP contribution in [0, 0.1) is 0 Å². The molecule has 0 fully saturated rings. The number of aliphatic hydroxyl groups is 1. The summed E-state index contributed by atoms with van der Waals surface area (Å²) in [7, 11) is 0. The molecule has 22 heavy (non-hydrogen) atoms. The minimum Gasteiger partial charge on any atom is -0.463 e. The molecule has 0 aliphatic rings. The molecule has 2 heterocycles. The highest BCUT2D eigenvalue weighted by atomic mass is 32.1. The van der Waals surface area contributed by atoms with E-state index in [1.807, 2.05) is 18.2 Å². The number of carbonyl (C=O) groups excluding carboxylic acids is 1. The summed E-state index contributed by atoms with van der Waals surface area (Å²) >= 11 is 1.36. The maximum absolute atomic E-state index is 12.4. The maximum Gasteiger partial charge on any atom is 0.261 e. The van der Waals surface area contributed by atoms with E-state index >= 15 is 0 Å². The largest absolute Gasteiger partial charge is 0.463 e. The molecule has 3 aromatic rings. The molecule has 0 unspecified atom stereocenters. The van der Waals surface area contributed by atoms with Crippen molar-refractivity contribution in [2.45, 2.75) is 19.8 Å². The average Bonchev–Trinajstić information content (AvgIpc) is 3.13. The van der Waals surface area contributed by atoms with Crippen LogP contribution < -0.4 is 5.32 Å². The summed E-state index contributed by atoms with van der Waals surface area (Å²) in [6.45, 7) is 2.14. The Morgan fingerprint density at radius 1 is 1.45 bits per heavy atom. The lowest BCUT2D eigenvalue weighted by Crippen LogP contribution is -2.10. The molecule has 2 N–H and O–H groups in total. The lowest BCUT2D eigenvalue weighted by Gasteiger charge is -2.00. The van der Waals surface area contributed by atoms with Crippen molar-refractivity contribution in [1.82, 2.24) is 4.98 Å². The zero-order valence-corrected chi connectivity index (χ0v) is 12.9. The number of fused-ring (bicyclic) bond motifs is 1. The lowest BCUT2D eigenvalue weighted by atomic mass is 10.1. The zero-order valence-electron chi connectivity index (χ0n) is 12.1. The van der Waals surface area contributed by atoms with E-state index in [-0.39, 0.29) is 12.5 Å². The lowest BCUT2D eigenvalue weighted by molar-refractivity contribution is 0.102. The van der Waals surface area contributed by atoms with Crippen LogP contribution in [-0.2, 0) is 12.8 Å². The quantitative estimate of drug-likeness (QED) is 0.757. The van der Waals surface area contributed by atoms with Crippen LogP contribution in [-0.4, -0.2) is 22.6 Å². The van der Waals surface area contributed by atoms with Gasteiger partial charge < -0.3 is 9.52 Å². The van der Waals surface area contributed by atoms with E-state index in [9.17, 15) is 4.79 Å². The number of aliphatic hydroxyl groups excluding tert-OH is 1. The van der Waals surface area contributed by atoms with Crippen LogP contribution in [0.5, 0.6) is 0 Å². The van der Waals surface area contributed by atoms with Gasteiger partial charge in [-0.15, -0.1) is 11.3 Å². The third-order valence-corrected chi connectivity index (χ3v) is 4.40. The van der Waals surface area contributed by atoms with E-state index in [1.54, 1.807) is 6.20 Å². The van der Waals surface area contributed by atoms with E-state index in [0.29, 0.717) is 22.7 Å². The van der Waals surface area contributed by atoms with Crippen molar-refractivity contribution in [2.75, 3.05) is 11.9 Å². The molecule has 6 heteroatoms. The summed E-state index contributed by atoms with van der Waals surface area (Å²) in [6, 6.07) is 5.86. The number of aryl methyl sites for hydroxylation is 1. The van der Waals surface area contributed by atoms with Gasteiger partial charge in [0.2, 0.25) is 0 Å².